The van der Waals surface area contributed by atoms with Crippen LogP contribution in [0.4, 0.5) is 0 Å². The first-order valence-electron chi connectivity index (χ1n) is 4.50. The molecule has 1 aromatic carbocycles. The molecular weight excluding hydrogens is 277 g/mol. The van der Waals surface area contributed by atoms with Crippen LogP contribution in [0.2, 0.25) is 0 Å². The van der Waals surface area contributed by atoms with Crippen LogP contribution in [0.25, 0.3) is 11.1 Å². The maximum absolute atomic E-state index is 10.8. The van der Waals surface area contributed by atoms with Gasteiger partial charge in [-0.25, -0.2) is 0 Å². The third kappa shape index (κ3) is 2.97. The average molecular weight is 286 g/mol. The molecule has 0 saturated heterocycles. The van der Waals surface area contributed by atoms with E-state index in [0.29, 0.717) is 0 Å². The molecule has 4 heteroatoms. The van der Waals surface area contributed by atoms with E-state index in [1.165, 1.54) is 0 Å². The van der Waals surface area contributed by atoms with E-state index in [1.54, 1.807) is 12.3 Å². The molecule has 0 aliphatic rings. The van der Waals surface area contributed by atoms with E-state index in [-0.39, 0.29) is 38.4 Å². The molecule has 2 rings (SSSR count). The summed E-state index contributed by atoms with van der Waals surface area (Å²) in [6.07, 6.45) is 1.63. The number of hydrogen-bond donors (Lipinski definition) is 1. The van der Waals surface area contributed by atoms with Gasteiger partial charge >= 0.3 is 0 Å². The molecule has 0 spiro atoms. The van der Waals surface area contributed by atoms with Crippen molar-refractivity contribution >= 4 is 5.91 Å². The standard InChI is InChI=1S/C12H9N2O.Y/c13-12(15)11-7-6-10(8-14-11)9-4-2-1-3-5-9;/h2-8H,(H2,13,15);/q-1;. The van der Waals surface area contributed by atoms with Crippen LogP contribution in [-0.2, 0) is 32.7 Å². The number of hydrogen-bond acceptors (Lipinski definition) is 2. The predicted octanol–water partition coefficient (Wildman–Crippen LogP) is 1.65. The van der Waals surface area contributed by atoms with Crippen molar-refractivity contribution in [1.29, 1.82) is 0 Å². The maximum Gasteiger partial charge on any atom is 0.267 e. The van der Waals surface area contributed by atoms with Crippen LogP contribution in [0.3, 0.4) is 0 Å². The number of amides is 1. The Morgan fingerprint density at radius 2 is 1.81 bits per heavy atom. The zero-order valence-electron chi connectivity index (χ0n) is 8.55. The first kappa shape index (κ1) is 13.0. The van der Waals surface area contributed by atoms with E-state index in [4.69, 9.17) is 5.73 Å². The first-order chi connectivity index (χ1) is 7.27. The molecule has 2 aromatic rings. The van der Waals surface area contributed by atoms with Crippen LogP contribution < -0.4 is 5.73 Å². The Morgan fingerprint density at radius 3 is 2.31 bits per heavy atom. The normalized spacial score (nSPS) is 9.25. The minimum absolute atomic E-state index is 0. The summed E-state index contributed by atoms with van der Waals surface area (Å²) in [5, 5.41) is 0. The molecule has 0 bridgehead atoms. The molecule has 1 aromatic heterocycles. The minimum Gasteiger partial charge on any atom is -0.364 e. The summed E-state index contributed by atoms with van der Waals surface area (Å²) < 4.78 is 0. The summed E-state index contributed by atoms with van der Waals surface area (Å²) in [7, 11) is 0. The third-order valence-electron chi connectivity index (χ3n) is 2.07. The van der Waals surface area contributed by atoms with Crippen LogP contribution in [0.15, 0.2) is 42.6 Å². The number of primary amides is 1. The van der Waals surface area contributed by atoms with Crippen molar-refractivity contribution in [2.24, 2.45) is 5.73 Å². The van der Waals surface area contributed by atoms with Crippen molar-refractivity contribution in [3.8, 4) is 11.1 Å². The second kappa shape index (κ2) is 5.87. The molecule has 0 fully saturated rings. The van der Waals surface area contributed by atoms with Crippen molar-refractivity contribution in [2.45, 2.75) is 0 Å². The Hall–Kier alpha value is -1.06. The number of nitrogens with zero attached hydrogens (tertiary/aromatic N) is 1. The molecule has 0 atom stereocenters. The molecule has 77 valence electrons. The van der Waals surface area contributed by atoms with Crippen molar-refractivity contribution < 1.29 is 37.5 Å². The van der Waals surface area contributed by atoms with Gasteiger partial charge in [0.2, 0.25) is 0 Å². The minimum atomic E-state index is -0.511. The van der Waals surface area contributed by atoms with Crippen LogP contribution in [-0.4, -0.2) is 10.9 Å². The second-order valence-electron chi connectivity index (χ2n) is 3.09. The fourth-order valence-electron chi connectivity index (χ4n) is 1.29. The van der Waals surface area contributed by atoms with Crippen LogP contribution >= 0.6 is 0 Å². The first-order valence-corrected chi connectivity index (χ1v) is 4.50. The molecular formula is C12H9N2OY-. The summed E-state index contributed by atoms with van der Waals surface area (Å²) in [6.45, 7) is 0. The summed E-state index contributed by atoms with van der Waals surface area (Å²) in [6, 6.07) is 13.9. The van der Waals surface area contributed by atoms with Gasteiger partial charge in [0.25, 0.3) is 5.91 Å². The van der Waals surface area contributed by atoms with E-state index < -0.39 is 5.91 Å². The quantitative estimate of drug-likeness (QED) is 0.853. The molecule has 2 N–H and O–H groups in total. The maximum atomic E-state index is 10.8. The number of carbonyl (C=O) groups is 1. The van der Waals surface area contributed by atoms with Crippen LogP contribution in [0, 0.1) is 6.07 Å². The number of pyridine rings is 1. The Kier molecular flexibility index (Phi) is 4.78. The number of carbonyl (C=O) groups excluding carboxylic acids is 1. The number of benzene rings is 1. The topological polar surface area (TPSA) is 56.0 Å². The number of aromatic nitrogens is 1. The van der Waals surface area contributed by atoms with E-state index in [0.717, 1.165) is 11.1 Å². The molecule has 1 amide bonds. The third-order valence-corrected chi connectivity index (χ3v) is 2.07. The Morgan fingerprint density at radius 1 is 1.12 bits per heavy atom. The van der Waals surface area contributed by atoms with Crippen LogP contribution in [0.1, 0.15) is 10.5 Å². The van der Waals surface area contributed by atoms with Gasteiger partial charge < -0.3 is 5.73 Å². The predicted molar refractivity (Wildman–Crippen MR) is 57.0 cm³/mol. The second-order valence-corrected chi connectivity index (χ2v) is 3.09. The van der Waals surface area contributed by atoms with Gasteiger partial charge in [-0.3, -0.25) is 9.78 Å². The zero-order chi connectivity index (χ0) is 10.7. The SMILES string of the molecule is NC(=O)c1ccc(-c2cc[c-]cc2)cn1.[Y]. The molecule has 0 saturated carbocycles. The van der Waals surface area contributed by atoms with Gasteiger partial charge in [-0.05, 0) is 11.6 Å². The smallest absolute Gasteiger partial charge is 0.267 e. The van der Waals surface area contributed by atoms with Gasteiger partial charge in [0.15, 0.2) is 0 Å². The van der Waals surface area contributed by atoms with E-state index >= 15 is 0 Å². The average Bonchev–Trinajstić information content (AvgIpc) is 2.30. The molecule has 0 unspecified atom stereocenters. The number of rotatable bonds is 2. The van der Waals surface area contributed by atoms with Gasteiger partial charge in [0, 0.05) is 38.9 Å². The number of nitrogens with two attached hydrogens (primary N) is 1. The zero-order valence-corrected chi connectivity index (χ0v) is 11.4. The fraction of sp³-hybridized carbons (Fsp3) is 0. The van der Waals surface area contributed by atoms with Crippen molar-refractivity contribution in [3.63, 3.8) is 0 Å². The van der Waals surface area contributed by atoms with Gasteiger partial charge in [0.05, 0.1) is 0 Å². The Balaban J connectivity index is 0.00000128. The van der Waals surface area contributed by atoms with Crippen molar-refractivity contribution in [1.82, 2.24) is 4.98 Å². The van der Waals surface area contributed by atoms with E-state index in [1.807, 2.05) is 30.3 Å². The molecule has 0 aliphatic heterocycles. The Bertz CT molecular complexity index is 468. The van der Waals surface area contributed by atoms with Crippen LogP contribution in [0.5, 0.6) is 0 Å². The van der Waals surface area contributed by atoms with Gasteiger partial charge in [-0.1, -0.05) is 6.07 Å². The summed E-state index contributed by atoms with van der Waals surface area (Å²) >= 11 is 0. The van der Waals surface area contributed by atoms with Crippen molar-refractivity contribution in [2.75, 3.05) is 0 Å². The van der Waals surface area contributed by atoms with Gasteiger partial charge in [0.1, 0.15) is 5.69 Å². The monoisotopic (exact) mass is 286 g/mol. The van der Waals surface area contributed by atoms with E-state index in [9.17, 15) is 4.79 Å². The summed E-state index contributed by atoms with van der Waals surface area (Å²) in [5.41, 5.74) is 7.37. The molecule has 1 radical (unpaired) electrons. The summed E-state index contributed by atoms with van der Waals surface area (Å²) in [4.78, 5) is 14.8. The van der Waals surface area contributed by atoms with Crippen molar-refractivity contribution in [3.05, 3.63) is 54.4 Å². The Labute approximate surface area is 119 Å². The molecule has 0 aliphatic carbocycles. The van der Waals surface area contributed by atoms with Gasteiger partial charge in [-0.2, -0.15) is 30.3 Å². The van der Waals surface area contributed by atoms with Gasteiger partial charge in [-0.15, -0.1) is 5.56 Å². The summed E-state index contributed by atoms with van der Waals surface area (Å²) in [5.74, 6) is -0.511. The molecule has 16 heavy (non-hydrogen) atoms. The largest absolute Gasteiger partial charge is 0.364 e. The molecule has 3 nitrogen and oxygen atoms in total. The van der Waals surface area contributed by atoms with E-state index in [2.05, 4.69) is 11.1 Å². The fourth-order valence-corrected chi connectivity index (χ4v) is 1.29. The molecule has 1 heterocycles.